The summed E-state index contributed by atoms with van der Waals surface area (Å²) < 4.78 is 23.4. The first-order valence-corrected chi connectivity index (χ1v) is 17.2. The largest absolute Gasteiger partial charge is 0.444 e. The Morgan fingerprint density at radius 2 is 1.22 bits per heavy atom. The van der Waals surface area contributed by atoms with Crippen molar-refractivity contribution in [2.45, 2.75) is 140 Å². The van der Waals surface area contributed by atoms with E-state index in [4.69, 9.17) is 20.9 Å². The van der Waals surface area contributed by atoms with Crippen LogP contribution in [0.15, 0.2) is 48.5 Å². The number of para-hydroxylation sites is 3. The van der Waals surface area contributed by atoms with Gasteiger partial charge in [-0.1, -0.05) is 24.3 Å². The molecule has 0 aliphatic carbocycles. The number of nitrogens with two attached hydrogens (primary N) is 2. The van der Waals surface area contributed by atoms with Crippen molar-refractivity contribution in [1.29, 1.82) is 0 Å². The zero-order valence-electron chi connectivity index (χ0n) is 29.6. The smallest absolute Gasteiger partial charge is 0.410 e. The van der Waals surface area contributed by atoms with Crippen LogP contribution in [0.1, 0.15) is 92.9 Å². The minimum atomic E-state index is -0.799. The van der Waals surface area contributed by atoms with E-state index in [-0.39, 0.29) is 30.3 Å². The van der Waals surface area contributed by atoms with Gasteiger partial charge in [0.25, 0.3) is 0 Å². The lowest BCUT2D eigenvalue weighted by Crippen LogP contribution is -2.51. The molecule has 2 aromatic carbocycles. The van der Waals surface area contributed by atoms with Gasteiger partial charge in [0, 0.05) is 42.3 Å². The first-order valence-electron chi connectivity index (χ1n) is 17.2. The van der Waals surface area contributed by atoms with Crippen molar-refractivity contribution in [3.63, 3.8) is 0 Å². The van der Waals surface area contributed by atoms with Gasteiger partial charge in [-0.3, -0.25) is 10.1 Å². The molecule has 0 saturated carbocycles. The van der Waals surface area contributed by atoms with E-state index in [0.29, 0.717) is 18.1 Å². The highest BCUT2D eigenvalue weighted by atomic mass is 19.1. The fourth-order valence-electron chi connectivity index (χ4n) is 7.19. The summed E-state index contributed by atoms with van der Waals surface area (Å²) in [6.45, 7) is 11.5. The average Bonchev–Trinajstić information content (AvgIpc) is 3.42. The molecule has 2 amide bonds. The lowest BCUT2D eigenvalue weighted by Gasteiger charge is -2.40. The van der Waals surface area contributed by atoms with Crippen LogP contribution in [0.2, 0.25) is 0 Å². The van der Waals surface area contributed by atoms with E-state index in [1.165, 1.54) is 12.1 Å². The quantitative estimate of drug-likeness (QED) is 0.172. The number of nitro groups is 1. The third kappa shape index (κ3) is 10.4. The van der Waals surface area contributed by atoms with Crippen molar-refractivity contribution in [3.8, 4) is 0 Å². The third-order valence-electron chi connectivity index (χ3n) is 9.08. The second kappa shape index (κ2) is 15.6. The number of carbonyl (C=O) groups excluding carboxylic acids is 2. The van der Waals surface area contributed by atoms with Gasteiger partial charge in [0.05, 0.1) is 16.3 Å². The number of amides is 2. The summed E-state index contributed by atoms with van der Waals surface area (Å²) in [6, 6.07) is 14.6. The molecule has 49 heavy (non-hydrogen) atoms. The number of nitrogen functional groups attached to an aromatic ring is 1. The molecule has 4 aliphatic heterocycles. The lowest BCUT2D eigenvalue weighted by atomic mass is 9.97. The molecule has 4 unspecified atom stereocenters. The number of nitrogens with one attached hydrogen (secondary N) is 1. The van der Waals surface area contributed by atoms with Crippen molar-refractivity contribution in [2.24, 2.45) is 5.73 Å². The fourth-order valence-corrected chi connectivity index (χ4v) is 7.19. The van der Waals surface area contributed by atoms with Crippen molar-refractivity contribution in [2.75, 3.05) is 11.1 Å². The predicted molar refractivity (Wildman–Crippen MR) is 188 cm³/mol. The Hall–Kier alpha value is -4.13. The van der Waals surface area contributed by atoms with Crippen LogP contribution in [0.3, 0.4) is 0 Å². The van der Waals surface area contributed by atoms with Gasteiger partial charge in [-0.15, -0.1) is 0 Å². The van der Waals surface area contributed by atoms with Crippen LogP contribution in [-0.4, -0.2) is 74.4 Å². The molecule has 0 spiro atoms. The van der Waals surface area contributed by atoms with Gasteiger partial charge in [0.15, 0.2) is 0 Å². The minimum absolute atomic E-state index is 0.160. The third-order valence-corrected chi connectivity index (χ3v) is 9.08. The monoisotopic (exact) mass is 684 g/mol. The highest BCUT2D eigenvalue weighted by Crippen LogP contribution is 2.39. The first-order chi connectivity index (χ1) is 22.9. The Labute approximate surface area is 288 Å². The summed E-state index contributed by atoms with van der Waals surface area (Å²) >= 11 is 0. The van der Waals surface area contributed by atoms with E-state index < -0.39 is 27.6 Å². The van der Waals surface area contributed by atoms with E-state index in [1.54, 1.807) is 0 Å². The van der Waals surface area contributed by atoms with Gasteiger partial charge in [-0.25, -0.2) is 9.59 Å². The Balaban J connectivity index is 0.000000180. The molecule has 4 aliphatic rings. The highest BCUT2D eigenvalue weighted by Gasteiger charge is 2.45. The molecule has 6 rings (SSSR count). The Morgan fingerprint density at radius 3 is 1.63 bits per heavy atom. The number of benzene rings is 2. The van der Waals surface area contributed by atoms with Crippen LogP contribution in [0.4, 0.5) is 31.0 Å². The average molecular weight is 685 g/mol. The number of halogens is 1. The van der Waals surface area contributed by atoms with E-state index in [9.17, 15) is 24.1 Å². The minimum Gasteiger partial charge on any atom is -0.444 e. The number of anilines is 2. The molecular weight excluding hydrogens is 631 g/mol. The van der Waals surface area contributed by atoms with Gasteiger partial charge in [-0.05, 0) is 111 Å². The standard InChI is InChI=1S/C18H27N3O2.C12H22N2O2.C6H4FNO2/c1-18(2,3)23-17(22)21-13-8-9-14(21)11-12(10-13)20-16-7-5-4-6-15(16)19;1-12(2,3)16-11(15)14-9-4-5-10(14)7-8(13)6-9;7-5-3-1-2-4-6(5)8(9)10/h4-7,12-14,20H,8-11,19H2,1-3H3;8-10H,4-7,13H2,1-3H3;1-4H. The fraction of sp³-hybridized carbons (Fsp3) is 0.611. The molecule has 13 heteroatoms. The molecule has 12 nitrogen and oxygen atoms in total. The molecule has 4 atom stereocenters. The van der Waals surface area contributed by atoms with Crippen molar-refractivity contribution in [3.05, 3.63) is 64.5 Å². The van der Waals surface area contributed by atoms with E-state index in [1.807, 2.05) is 75.6 Å². The zero-order chi connectivity index (χ0) is 36.1. The highest BCUT2D eigenvalue weighted by molar-refractivity contribution is 5.70. The second-order valence-electron chi connectivity index (χ2n) is 15.4. The van der Waals surface area contributed by atoms with E-state index >= 15 is 0 Å². The van der Waals surface area contributed by atoms with Gasteiger partial charge in [0.1, 0.15) is 11.2 Å². The lowest BCUT2D eigenvalue weighted by molar-refractivity contribution is -0.387. The molecule has 270 valence electrons. The summed E-state index contributed by atoms with van der Waals surface area (Å²) in [5.41, 5.74) is 12.4. The number of carbonyl (C=O) groups is 2. The van der Waals surface area contributed by atoms with Crippen molar-refractivity contribution >= 4 is 29.2 Å². The summed E-state index contributed by atoms with van der Waals surface area (Å²) in [5.74, 6) is -0.799. The number of hydrogen-bond donors (Lipinski definition) is 3. The number of nitrogens with zero attached hydrogens (tertiary/aromatic N) is 3. The first kappa shape index (κ1) is 37.7. The topological polar surface area (TPSA) is 166 Å². The molecule has 5 N–H and O–H groups in total. The number of hydrogen-bond acceptors (Lipinski definition) is 9. The predicted octanol–water partition coefficient (Wildman–Crippen LogP) is 7.22. The van der Waals surface area contributed by atoms with Crippen LogP contribution in [0.25, 0.3) is 0 Å². The number of rotatable bonds is 3. The van der Waals surface area contributed by atoms with Crippen LogP contribution in [-0.2, 0) is 9.47 Å². The summed E-state index contributed by atoms with van der Waals surface area (Å²) in [7, 11) is 0. The van der Waals surface area contributed by atoms with Gasteiger partial charge in [0.2, 0.25) is 5.82 Å². The van der Waals surface area contributed by atoms with Crippen molar-refractivity contribution < 1.29 is 28.4 Å². The molecule has 0 radical (unpaired) electrons. The molecule has 4 heterocycles. The van der Waals surface area contributed by atoms with Crippen LogP contribution in [0, 0.1) is 15.9 Å². The maximum atomic E-state index is 12.5. The number of nitro benzene ring substituents is 1. The van der Waals surface area contributed by atoms with Gasteiger partial charge in [-0.2, -0.15) is 4.39 Å². The Morgan fingerprint density at radius 1 is 0.796 bits per heavy atom. The van der Waals surface area contributed by atoms with Crippen LogP contribution in [0.5, 0.6) is 0 Å². The van der Waals surface area contributed by atoms with Crippen LogP contribution >= 0.6 is 0 Å². The number of ether oxygens (including phenoxy) is 2. The molecule has 0 aromatic heterocycles. The second-order valence-corrected chi connectivity index (χ2v) is 15.4. The Kier molecular flexibility index (Phi) is 12.0. The molecule has 4 fully saturated rings. The van der Waals surface area contributed by atoms with Gasteiger partial charge < -0.3 is 36.1 Å². The number of fused-ring (bicyclic) bond motifs is 4. The number of piperidine rings is 2. The van der Waals surface area contributed by atoms with E-state index in [0.717, 1.165) is 74.9 Å². The summed E-state index contributed by atoms with van der Waals surface area (Å²) in [6.07, 6.45) is 7.71. The molecular formula is C36H53FN6O6. The van der Waals surface area contributed by atoms with E-state index in [2.05, 4.69) is 5.32 Å². The summed E-state index contributed by atoms with van der Waals surface area (Å²) in [4.78, 5) is 37.6. The maximum Gasteiger partial charge on any atom is 0.410 e. The maximum absolute atomic E-state index is 12.5. The van der Waals surface area contributed by atoms with Crippen LogP contribution < -0.4 is 16.8 Å². The molecule has 2 aromatic rings. The van der Waals surface area contributed by atoms with Gasteiger partial charge >= 0.3 is 17.9 Å². The zero-order valence-corrected chi connectivity index (χ0v) is 29.6. The molecule has 4 saturated heterocycles. The molecule has 4 bridgehead atoms. The Bertz CT molecular complexity index is 1430. The van der Waals surface area contributed by atoms with Crippen molar-refractivity contribution in [1.82, 2.24) is 9.80 Å². The summed E-state index contributed by atoms with van der Waals surface area (Å²) in [5, 5.41) is 13.5. The normalized spacial score (nSPS) is 25.6. The SMILES string of the molecule is CC(C)(C)OC(=O)N1C2CCC1CC(N)C2.CC(C)(C)OC(=O)N1C2CCC1CC(Nc1ccccc1N)C2.O=[N+]([O-])c1ccccc1F.